The summed E-state index contributed by atoms with van der Waals surface area (Å²) in [6.07, 6.45) is 1.55. The molecule has 3 aromatic heterocycles. The zero-order chi connectivity index (χ0) is 18.8. The number of rotatable bonds is 6. The molecule has 1 aromatic carbocycles. The first-order valence-electron chi connectivity index (χ1n) is 7.82. The van der Waals surface area contributed by atoms with Crippen LogP contribution in [0.4, 0.5) is 5.95 Å². The van der Waals surface area contributed by atoms with E-state index in [9.17, 15) is 0 Å². The van der Waals surface area contributed by atoms with Gasteiger partial charge in [0, 0.05) is 5.56 Å². The van der Waals surface area contributed by atoms with Gasteiger partial charge in [-0.1, -0.05) is 16.9 Å². The maximum atomic E-state index is 5.72. The van der Waals surface area contributed by atoms with Crippen molar-refractivity contribution in [1.29, 1.82) is 0 Å². The van der Waals surface area contributed by atoms with Crippen LogP contribution in [0.3, 0.4) is 0 Å². The molecule has 3 heterocycles. The predicted octanol–water partition coefficient (Wildman–Crippen LogP) is 2.29. The number of imidazole rings is 1. The third-order valence-corrected chi connectivity index (χ3v) is 4.67. The standard InChI is InChI=1S/C16H15N7O3S/c1-24-9-4-3-8(5-10(9)25-2)13-20-11(26-23-13)6-27-15-12-14(19-7-18-12)21-16(17)22-15/h3-5,7H,6H2,1-2H3,(H3,17,18,19,21,22). The number of hydrogen-bond acceptors (Lipinski definition) is 10. The molecule has 0 amide bonds. The Hall–Kier alpha value is -3.34. The summed E-state index contributed by atoms with van der Waals surface area (Å²) in [7, 11) is 3.15. The van der Waals surface area contributed by atoms with Crippen LogP contribution in [-0.4, -0.2) is 44.3 Å². The van der Waals surface area contributed by atoms with Crippen molar-refractivity contribution in [1.82, 2.24) is 30.1 Å². The summed E-state index contributed by atoms with van der Waals surface area (Å²) in [5.41, 5.74) is 7.71. The number of aromatic nitrogens is 6. The summed E-state index contributed by atoms with van der Waals surface area (Å²) >= 11 is 1.40. The molecule has 0 radical (unpaired) electrons. The minimum absolute atomic E-state index is 0.161. The van der Waals surface area contributed by atoms with E-state index in [2.05, 4.69) is 30.1 Å². The van der Waals surface area contributed by atoms with Crippen LogP contribution in [0.15, 0.2) is 34.1 Å². The minimum Gasteiger partial charge on any atom is -0.493 e. The molecule has 0 aliphatic carbocycles. The Morgan fingerprint density at radius 3 is 2.81 bits per heavy atom. The monoisotopic (exact) mass is 385 g/mol. The van der Waals surface area contributed by atoms with Gasteiger partial charge in [-0.2, -0.15) is 9.97 Å². The van der Waals surface area contributed by atoms with E-state index in [1.54, 1.807) is 32.7 Å². The Morgan fingerprint density at radius 2 is 2.00 bits per heavy atom. The van der Waals surface area contributed by atoms with E-state index in [0.717, 1.165) is 5.56 Å². The lowest BCUT2D eigenvalue weighted by Crippen LogP contribution is -1.97. The molecule has 0 saturated carbocycles. The van der Waals surface area contributed by atoms with Gasteiger partial charge in [0.2, 0.25) is 17.7 Å². The first-order chi connectivity index (χ1) is 13.2. The lowest BCUT2D eigenvalue weighted by atomic mass is 10.2. The van der Waals surface area contributed by atoms with Crippen LogP contribution in [0, 0.1) is 0 Å². The number of aromatic amines is 1. The number of fused-ring (bicyclic) bond motifs is 1. The minimum atomic E-state index is 0.161. The highest BCUT2D eigenvalue weighted by Gasteiger charge is 2.14. The van der Waals surface area contributed by atoms with Crippen LogP contribution >= 0.6 is 11.8 Å². The van der Waals surface area contributed by atoms with Gasteiger partial charge in [0.25, 0.3) is 0 Å². The summed E-state index contributed by atoms with van der Waals surface area (Å²) in [5.74, 6) is 2.72. The fourth-order valence-corrected chi connectivity index (χ4v) is 3.29. The summed E-state index contributed by atoms with van der Waals surface area (Å²) in [4.78, 5) is 19.8. The molecule has 0 aliphatic rings. The van der Waals surface area contributed by atoms with Gasteiger partial charge >= 0.3 is 0 Å². The number of hydrogen-bond donors (Lipinski definition) is 2. The molecule has 11 heteroatoms. The number of nitrogens with one attached hydrogen (secondary N) is 1. The molecular weight excluding hydrogens is 370 g/mol. The van der Waals surface area contributed by atoms with E-state index in [1.807, 2.05) is 6.07 Å². The van der Waals surface area contributed by atoms with Crippen LogP contribution in [-0.2, 0) is 5.75 Å². The molecule has 138 valence electrons. The molecule has 0 atom stereocenters. The maximum Gasteiger partial charge on any atom is 0.237 e. The van der Waals surface area contributed by atoms with Gasteiger partial charge in [-0.05, 0) is 18.2 Å². The number of thioether (sulfide) groups is 1. The van der Waals surface area contributed by atoms with Crippen LogP contribution in [0.1, 0.15) is 5.89 Å². The van der Waals surface area contributed by atoms with Crippen molar-refractivity contribution < 1.29 is 14.0 Å². The second-order valence-corrected chi connectivity index (χ2v) is 6.32. The van der Waals surface area contributed by atoms with Crippen molar-refractivity contribution in [3.63, 3.8) is 0 Å². The van der Waals surface area contributed by atoms with Crippen molar-refractivity contribution >= 4 is 28.9 Å². The summed E-state index contributed by atoms with van der Waals surface area (Å²) in [5, 5.41) is 4.69. The zero-order valence-corrected chi connectivity index (χ0v) is 15.3. The third-order valence-electron chi connectivity index (χ3n) is 3.71. The van der Waals surface area contributed by atoms with Crippen molar-refractivity contribution in [3.8, 4) is 22.9 Å². The number of ether oxygens (including phenoxy) is 2. The van der Waals surface area contributed by atoms with E-state index < -0.39 is 0 Å². The number of benzene rings is 1. The fourth-order valence-electron chi connectivity index (χ4n) is 2.46. The summed E-state index contributed by atoms with van der Waals surface area (Å²) < 4.78 is 15.9. The molecule has 27 heavy (non-hydrogen) atoms. The number of nitrogens with two attached hydrogens (primary N) is 1. The molecule has 10 nitrogen and oxygen atoms in total. The Morgan fingerprint density at radius 1 is 1.15 bits per heavy atom. The van der Waals surface area contributed by atoms with Crippen molar-refractivity contribution in [2.45, 2.75) is 10.8 Å². The van der Waals surface area contributed by atoms with E-state index in [1.165, 1.54) is 11.8 Å². The van der Waals surface area contributed by atoms with Crippen LogP contribution < -0.4 is 15.2 Å². The van der Waals surface area contributed by atoms with Crippen molar-refractivity contribution in [3.05, 3.63) is 30.4 Å². The van der Waals surface area contributed by atoms with Gasteiger partial charge in [0.15, 0.2) is 17.1 Å². The molecule has 4 rings (SSSR count). The molecule has 0 saturated heterocycles. The molecule has 0 fully saturated rings. The molecule has 4 aromatic rings. The highest BCUT2D eigenvalue weighted by atomic mass is 32.2. The molecule has 0 spiro atoms. The number of anilines is 1. The van der Waals surface area contributed by atoms with E-state index >= 15 is 0 Å². The number of nitrogen functional groups attached to an aromatic ring is 1. The van der Waals surface area contributed by atoms with Crippen LogP contribution in [0.5, 0.6) is 11.5 Å². The normalized spacial score (nSPS) is 11.0. The number of nitrogens with zero attached hydrogens (tertiary/aromatic N) is 5. The fraction of sp³-hybridized carbons (Fsp3) is 0.188. The third kappa shape index (κ3) is 3.36. The smallest absolute Gasteiger partial charge is 0.237 e. The Balaban J connectivity index is 1.54. The molecular formula is C16H15N7O3S. The molecule has 0 aliphatic heterocycles. The lowest BCUT2D eigenvalue weighted by Gasteiger charge is -2.07. The lowest BCUT2D eigenvalue weighted by molar-refractivity contribution is 0.355. The van der Waals surface area contributed by atoms with Crippen LogP contribution in [0.25, 0.3) is 22.6 Å². The Kier molecular flexibility index (Phi) is 4.50. The van der Waals surface area contributed by atoms with E-state index in [0.29, 0.717) is 45.2 Å². The predicted molar refractivity (Wildman–Crippen MR) is 98.5 cm³/mol. The van der Waals surface area contributed by atoms with E-state index in [4.69, 9.17) is 19.7 Å². The topological polar surface area (TPSA) is 138 Å². The van der Waals surface area contributed by atoms with Crippen molar-refractivity contribution in [2.24, 2.45) is 0 Å². The first kappa shape index (κ1) is 17.1. The van der Waals surface area contributed by atoms with Gasteiger partial charge in [0.05, 0.1) is 26.3 Å². The summed E-state index contributed by atoms with van der Waals surface area (Å²) in [6.45, 7) is 0. The van der Waals surface area contributed by atoms with Gasteiger partial charge in [-0.25, -0.2) is 9.97 Å². The second-order valence-electron chi connectivity index (χ2n) is 5.36. The van der Waals surface area contributed by atoms with Crippen LogP contribution in [0.2, 0.25) is 0 Å². The molecule has 0 bridgehead atoms. The van der Waals surface area contributed by atoms with Gasteiger partial charge < -0.3 is 24.7 Å². The Labute approximate surface area is 157 Å². The van der Waals surface area contributed by atoms with Crippen molar-refractivity contribution in [2.75, 3.05) is 20.0 Å². The first-order valence-corrected chi connectivity index (χ1v) is 8.81. The molecule has 3 N–H and O–H groups in total. The molecule has 0 unspecified atom stereocenters. The quantitative estimate of drug-likeness (QED) is 0.375. The van der Waals surface area contributed by atoms with Gasteiger partial charge in [-0.15, -0.1) is 0 Å². The Bertz CT molecular complexity index is 1090. The maximum absolute atomic E-state index is 5.72. The zero-order valence-electron chi connectivity index (χ0n) is 14.5. The van der Waals surface area contributed by atoms with Gasteiger partial charge in [0.1, 0.15) is 10.5 Å². The highest BCUT2D eigenvalue weighted by molar-refractivity contribution is 7.98. The average Bonchev–Trinajstić information content (AvgIpc) is 3.34. The SMILES string of the molecule is COc1ccc(-c2noc(CSc3nc(N)nc4nc[nH]c34)n2)cc1OC. The summed E-state index contributed by atoms with van der Waals surface area (Å²) in [6, 6.07) is 5.42. The second kappa shape index (κ2) is 7.11. The average molecular weight is 385 g/mol. The van der Waals surface area contributed by atoms with E-state index in [-0.39, 0.29) is 5.95 Å². The number of H-pyrrole nitrogens is 1. The highest BCUT2D eigenvalue weighted by Crippen LogP contribution is 2.32. The van der Waals surface area contributed by atoms with Gasteiger partial charge in [-0.3, -0.25) is 0 Å². The largest absolute Gasteiger partial charge is 0.493 e. The number of methoxy groups -OCH3 is 2.